The van der Waals surface area contributed by atoms with Gasteiger partial charge in [-0.05, 0) is 67.3 Å². The molecule has 1 fully saturated rings. The topological polar surface area (TPSA) is 111 Å². The van der Waals surface area contributed by atoms with Gasteiger partial charge in [-0.15, -0.1) is 11.8 Å². The molecular formula is C23H29NO7S2. The summed E-state index contributed by atoms with van der Waals surface area (Å²) in [6.45, 7) is 2.81. The smallest absolute Gasteiger partial charge is 0.265 e. The van der Waals surface area contributed by atoms with Crippen LogP contribution in [-0.2, 0) is 19.4 Å². The first-order valence-electron chi connectivity index (χ1n) is 10.6. The number of carbonyl (C=O) groups is 1. The van der Waals surface area contributed by atoms with E-state index in [4.69, 9.17) is 19.4 Å². The van der Waals surface area contributed by atoms with Gasteiger partial charge in [0.1, 0.15) is 11.5 Å². The molecule has 1 atom stereocenters. The second-order valence-electron chi connectivity index (χ2n) is 7.93. The van der Waals surface area contributed by atoms with Crippen LogP contribution >= 0.6 is 11.8 Å². The lowest BCUT2D eigenvalue weighted by atomic mass is 9.98. The van der Waals surface area contributed by atoms with Crippen molar-refractivity contribution < 1.29 is 32.6 Å². The molecule has 0 aromatic heterocycles. The summed E-state index contributed by atoms with van der Waals surface area (Å²) >= 11 is 1.73. The van der Waals surface area contributed by atoms with E-state index in [0.717, 1.165) is 16.4 Å². The number of nitrogens with one attached hydrogen (secondary N) is 1. The molecule has 180 valence electrons. The molecule has 2 aromatic rings. The van der Waals surface area contributed by atoms with Gasteiger partial charge >= 0.3 is 0 Å². The van der Waals surface area contributed by atoms with Crippen molar-refractivity contribution in [3.8, 4) is 11.5 Å². The molecule has 0 aliphatic carbocycles. The number of sulfone groups is 1. The van der Waals surface area contributed by atoms with E-state index in [2.05, 4.69) is 6.92 Å². The summed E-state index contributed by atoms with van der Waals surface area (Å²) < 4.78 is 41.0. The van der Waals surface area contributed by atoms with E-state index >= 15 is 0 Å². The van der Waals surface area contributed by atoms with Gasteiger partial charge in [-0.3, -0.25) is 10.0 Å². The van der Waals surface area contributed by atoms with Crippen molar-refractivity contribution >= 4 is 27.5 Å². The molecule has 1 aliphatic heterocycles. The van der Waals surface area contributed by atoms with Gasteiger partial charge in [0.25, 0.3) is 5.91 Å². The van der Waals surface area contributed by atoms with Gasteiger partial charge in [-0.25, -0.2) is 13.9 Å². The predicted molar refractivity (Wildman–Crippen MR) is 125 cm³/mol. The Balaban J connectivity index is 1.59. The Bertz CT molecular complexity index is 1020. The molecule has 0 bridgehead atoms. The number of rotatable bonds is 10. The van der Waals surface area contributed by atoms with Gasteiger partial charge in [-0.2, -0.15) is 0 Å². The summed E-state index contributed by atoms with van der Waals surface area (Å²) in [7, 11) is -2.41. The van der Waals surface area contributed by atoms with Crippen LogP contribution < -0.4 is 15.0 Å². The number of ether oxygens (including phenoxy) is 3. The van der Waals surface area contributed by atoms with Crippen LogP contribution in [0.2, 0.25) is 0 Å². The number of amides is 1. The number of hydroxylamine groups is 1. The fourth-order valence-corrected chi connectivity index (χ4v) is 6.40. The van der Waals surface area contributed by atoms with Crippen LogP contribution in [0, 0.1) is 5.92 Å². The molecule has 8 nitrogen and oxygen atoms in total. The standard InChI is InChI=1S/C23H29NO7S2/c1-17(16-32-20-7-3-18(29-2)4-8-20)15-31-19-5-9-21(10-6-19)33(27,28)23(22(25)24-26)11-13-30-14-12-23/h3-10,17,26H,11-16H2,1-2H3,(H,24,25)/t17-/m1/s1. The Morgan fingerprint density at radius 1 is 1.12 bits per heavy atom. The molecule has 10 heteroatoms. The van der Waals surface area contributed by atoms with E-state index in [1.54, 1.807) is 31.0 Å². The highest BCUT2D eigenvalue weighted by Gasteiger charge is 2.52. The number of methoxy groups -OCH3 is 1. The molecule has 0 spiro atoms. The minimum Gasteiger partial charge on any atom is -0.497 e. The van der Waals surface area contributed by atoms with Gasteiger partial charge in [0, 0.05) is 23.9 Å². The van der Waals surface area contributed by atoms with Crippen LogP contribution in [0.15, 0.2) is 58.3 Å². The van der Waals surface area contributed by atoms with E-state index in [-0.39, 0.29) is 36.9 Å². The zero-order valence-corrected chi connectivity index (χ0v) is 20.3. The maximum absolute atomic E-state index is 13.3. The maximum atomic E-state index is 13.3. The molecular weight excluding hydrogens is 466 g/mol. The predicted octanol–water partition coefficient (Wildman–Crippen LogP) is 3.33. The lowest BCUT2D eigenvalue weighted by molar-refractivity contribution is -0.134. The number of hydrogen-bond acceptors (Lipinski definition) is 8. The largest absolute Gasteiger partial charge is 0.497 e. The average molecular weight is 496 g/mol. The molecule has 1 heterocycles. The Kier molecular flexibility index (Phi) is 8.63. The number of carbonyl (C=O) groups excluding carboxylic acids is 1. The van der Waals surface area contributed by atoms with Crippen LogP contribution in [0.25, 0.3) is 0 Å². The van der Waals surface area contributed by atoms with Crippen molar-refractivity contribution in [2.45, 2.75) is 34.3 Å². The fourth-order valence-electron chi connectivity index (χ4n) is 3.56. The second kappa shape index (κ2) is 11.2. The van der Waals surface area contributed by atoms with Gasteiger partial charge in [0.2, 0.25) is 0 Å². The van der Waals surface area contributed by atoms with E-state index in [0.29, 0.717) is 12.4 Å². The Morgan fingerprint density at radius 2 is 1.73 bits per heavy atom. The maximum Gasteiger partial charge on any atom is 0.265 e. The zero-order valence-electron chi connectivity index (χ0n) is 18.7. The van der Waals surface area contributed by atoms with Crippen molar-refractivity contribution in [3.05, 3.63) is 48.5 Å². The molecule has 2 aromatic carbocycles. The molecule has 3 rings (SSSR count). The van der Waals surface area contributed by atoms with E-state index < -0.39 is 20.5 Å². The number of hydrogen-bond donors (Lipinski definition) is 2. The summed E-state index contributed by atoms with van der Waals surface area (Å²) in [6.07, 6.45) is -0.0489. The molecule has 0 saturated carbocycles. The van der Waals surface area contributed by atoms with Crippen molar-refractivity contribution in [2.24, 2.45) is 5.92 Å². The minimum absolute atomic E-state index is 0.00320. The first-order chi connectivity index (χ1) is 15.8. The molecule has 0 radical (unpaired) electrons. The Labute approximate surface area is 198 Å². The van der Waals surface area contributed by atoms with Crippen LogP contribution in [0.5, 0.6) is 11.5 Å². The third-order valence-corrected chi connectivity index (χ3v) is 9.45. The van der Waals surface area contributed by atoms with E-state index in [1.165, 1.54) is 17.6 Å². The van der Waals surface area contributed by atoms with E-state index in [1.807, 2.05) is 24.3 Å². The molecule has 2 N–H and O–H groups in total. The summed E-state index contributed by atoms with van der Waals surface area (Å²) in [5.41, 5.74) is 1.52. The first kappa shape index (κ1) is 25.4. The van der Waals surface area contributed by atoms with Gasteiger partial charge in [0.05, 0.1) is 18.6 Å². The number of benzene rings is 2. The lowest BCUT2D eigenvalue weighted by Gasteiger charge is -2.34. The molecule has 1 amide bonds. The van der Waals surface area contributed by atoms with E-state index in [9.17, 15) is 13.2 Å². The highest BCUT2D eigenvalue weighted by atomic mass is 32.2. The molecule has 1 aliphatic rings. The third-order valence-electron chi connectivity index (χ3n) is 5.59. The van der Waals surface area contributed by atoms with Crippen molar-refractivity contribution in [3.63, 3.8) is 0 Å². The Hall–Kier alpha value is -2.27. The molecule has 1 saturated heterocycles. The van der Waals surface area contributed by atoms with Crippen LogP contribution in [0.1, 0.15) is 19.8 Å². The van der Waals surface area contributed by atoms with Crippen molar-refractivity contribution in [2.75, 3.05) is 32.7 Å². The molecule has 0 unspecified atom stereocenters. The first-order valence-corrected chi connectivity index (χ1v) is 13.1. The fraction of sp³-hybridized carbons (Fsp3) is 0.435. The highest BCUT2D eigenvalue weighted by Crippen LogP contribution is 2.36. The zero-order chi connectivity index (χ0) is 23.9. The second-order valence-corrected chi connectivity index (χ2v) is 11.3. The SMILES string of the molecule is COc1ccc(SC[C@H](C)COc2ccc(S(=O)(=O)C3(C(=O)NO)CCOCC3)cc2)cc1. The normalized spacial score (nSPS) is 16.6. The lowest BCUT2D eigenvalue weighted by Crippen LogP contribution is -2.54. The van der Waals surface area contributed by atoms with Crippen molar-refractivity contribution in [1.29, 1.82) is 0 Å². The summed E-state index contributed by atoms with van der Waals surface area (Å²) in [5, 5.41) is 9.14. The number of thioether (sulfide) groups is 1. The molecule has 33 heavy (non-hydrogen) atoms. The van der Waals surface area contributed by atoms with Gasteiger partial charge in [0.15, 0.2) is 14.6 Å². The van der Waals surface area contributed by atoms with Crippen LogP contribution in [-0.4, -0.2) is 57.0 Å². The minimum atomic E-state index is -4.05. The van der Waals surface area contributed by atoms with Crippen LogP contribution in [0.4, 0.5) is 0 Å². The summed E-state index contributed by atoms with van der Waals surface area (Å²) in [4.78, 5) is 13.5. The van der Waals surface area contributed by atoms with Crippen molar-refractivity contribution in [1.82, 2.24) is 5.48 Å². The quantitative estimate of drug-likeness (QED) is 0.293. The third kappa shape index (κ3) is 5.81. The Morgan fingerprint density at radius 3 is 2.30 bits per heavy atom. The van der Waals surface area contributed by atoms with Gasteiger partial charge in [-0.1, -0.05) is 6.92 Å². The summed E-state index contributed by atoms with van der Waals surface area (Å²) in [5.74, 6) is 1.55. The monoisotopic (exact) mass is 495 g/mol. The van der Waals surface area contributed by atoms with Crippen LogP contribution in [0.3, 0.4) is 0 Å². The highest BCUT2D eigenvalue weighted by molar-refractivity contribution is 7.99. The van der Waals surface area contributed by atoms with Gasteiger partial charge < -0.3 is 14.2 Å². The average Bonchev–Trinajstić information content (AvgIpc) is 2.86. The summed E-state index contributed by atoms with van der Waals surface area (Å²) in [6, 6.07) is 13.9.